The number of anilines is 2. The van der Waals surface area contributed by atoms with Crippen LogP contribution >= 0.6 is 0 Å². The highest BCUT2D eigenvalue weighted by Gasteiger charge is 2.34. The first-order valence-electron chi connectivity index (χ1n) is 13.8. The van der Waals surface area contributed by atoms with Crippen LogP contribution in [0.4, 0.5) is 11.4 Å². The minimum absolute atomic E-state index is 0.105. The van der Waals surface area contributed by atoms with Gasteiger partial charge in [-0.25, -0.2) is 4.79 Å². The number of carbonyl (C=O) groups excluding carboxylic acids is 2. The van der Waals surface area contributed by atoms with Crippen molar-refractivity contribution < 1.29 is 24.2 Å². The van der Waals surface area contributed by atoms with E-state index in [9.17, 15) is 19.5 Å². The number of hydrogen-bond acceptors (Lipinski definition) is 5. The predicted molar refractivity (Wildman–Crippen MR) is 159 cm³/mol. The lowest BCUT2D eigenvalue weighted by molar-refractivity contribution is -0.137. The molecule has 1 unspecified atom stereocenters. The average molecular weight is 549 g/mol. The predicted octanol–water partition coefficient (Wildman–Crippen LogP) is 5.85. The van der Waals surface area contributed by atoms with Gasteiger partial charge >= 0.3 is 5.97 Å². The van der Waals surface area contributed by atoms with E-state index >= 15 is 0 Å². The third-order valence-electron chi connectivity index (χ3n) is 7.04. The van der Waals surface area contributed by atoms with Crippen molar-refractivity contribution in [3.63, 3.8) is 0 Å². The second-order valence-corrected chi connectivity index (χ2v) is 10.1. The SMILES string of the molecule is O=C(c1ccccc1)c1ccccc1NC(Cc1ccc(OCCN(C(=O)C2CC2)c2ccccc2)cc1)C(=O)O. The lowest BCUT2D eigenvalue weighted by atomic mass is 10.00. The number of amides is 1. The summed E-state index contributed by atoms with van der Waals surface area (Å²) in [5.41, 5.74) is 3.09. The number of aliphatic carboxylic acids is 1. The second kappa shape index (κ2) is 13.0. The van der Waals surface area contributed by atoms with Crippen molar-refractivity contribution in [2.24, 2.45) is 5.92 Å². The molecule has 1 amide bonds. The highest BCUT2D eigenvalue weighted by molar-refractivity contribution is 6.12. The molecule has 1 saturated carbocycles. The van der Waals surface area contributed by atoms with E-state index in [4.69, 9.17) is 4.74 Å². The topological polar surface area (TPSA) is 95.9 Å². The molecule has 7 heteroatoms. The molecule has 4 aromatic carbocycles. The molecule has 1 fully saturated rings. The Hall–Kier alpha value is -4.91. The summed E-state index contributed by atoms with van der Waals surface area (Å²) in [4.78, 5) is 39.8. The highest BCUT2D eigenvalue weighted by atomic mass is 16.5. The number of carboxylic acids is 1. The largest absolute Gasteiger partial charge is 0.492 e. The van der Waals surface area contributed by atoms with Gasteiger partial charge in [0.15, 0.2) is 5.78 Å². The molecular weight excluding hydrogens is 516 g/mol. The van der Waals surface area contributed by atoms with Crippen LogP contribution in [0.1, 0.15) is 34.3 Å². The van der Waals surface area contributed by atoms with E-state index in [-0.39, 0.29) is 24.0 Å². The molecule has 0 radical (unpaired) electrons. The number of para-hydroxylation sites is 2. The van der Waals surface area contributed by atoms with Gasteiger partial charge in [0.05, 0.1) is 6.54 Å². The molecule has 1 aliphatic carbocycles. The molecule has 7 nitrogen and oxygen atoms in total. The van der Waals surface area contributed by atoms with E-state index in [1.54, 1.807) is 65.6 Å². The van der Waals surface area contributed by atoms with Gasteiger partial charge in [-0.1, -0.05) is 72.8 Å². The number of nitrogens with zero attached hydrogens (tertiary/aromatic N) is 1. The Morgan fingerprint density at radius 3 is 2.12 bits per heavy atom. The number of nitrogens with one attached hydrogen (secondary N) is 1. The zero-order valence-corrected chi connectivity index (χ0v) is 22.6. The summed E-state index contributed by atoms with van der Waals surface area (Å²) < 4.78 is 5.93. The molecule has 0 heterocycles. The van der Waals surface area contributed by atoms with Crippen molar-refractivity contribution in [2.75, 3.05) is 23.4 Å². The molecule has 5 rings (SSSR count). The number of hydrogen-bond donors (Lipinski definition) is 2. The molecule has 0 spiro atoms. The van der Waals surface area contributed by atoms with Crippen LogP contribution in [0.3, 0.4) is 0 Å². The minimum Gasteiger partial charge on any atom is -0.492 e. The number of benzene rings is 4. The molecule has 0 bridgehead atoms. The Bertz CT molecular complexity index is 1480. The summed E-state index contributed by atoms with van der Waals surface area (Å²) in [6, 6.07) is 31.8. The Morgan fingerprint density at radius 2 is 1.46 bits per heavy atom. The van der Waals surface area contributed by atoms with Crippen LogP contribution in [-0.4, -0.2) is 42.0 Å². The molecule has 0 saturated heterocycles. The molecule has 41 heavy (non-hydrogen) atoms. The van der Waals surface area contributed by atoms with Crippen LogP contribution in [0, 0.1) is 5.92 Å². The van der Waals surface area contributed by atoms with E-state index in [0.29, 0.717) is 35.7 Å². The van der Waals surface area contributed by atoms with Gasteiger partial charge in [-0.15, -0.1) is 0 Å². The monoisotopic (exact) mass is 548 g/mol. The van der Waals surface area contributed by atoms with E-state index in [2.05, 4.69) is 5.32 Å². The van der Waals surface area contributed by atoms with E-state index in [0.717, 1.165) is 24.1 Å². The first kappa shape index (κ1) is 27.6. The Labute approximate surface area is 239 Å². The zero-order valence-electron chi connectivity index (χ0n) is 22.6. The van der Waals surface area contributed by atoms with Crippen LogP contribution in [0.15, 0.2) is 109 Å². The van der Waals surface area contributed by atoms with Crippen LogP contribution in [0.25, 0.3) is 0 Å². The fourth-order valence-corrected chi connectivity index (χ4v) is 4.68. The normalized spacial score (nSPS) is 13.2. The summed E-state index contributed by atoms with van der Waals surface area (Å²) in [5.74, 6) is -0.319. The minimum atomic E-state index is -1.02. The van der Waals surface area contributed by atoms with Crippen molar-refractivity contribution in [2.45, 2.75) is 25.3 Å². The summed E-state index contributed by atoms with van der Waals surface area (Å²) >= 11 is 0. The van der Waals surface area contributed by atoms with Gasteiger partial charge in [-0.05, 0) is 54.8 Å². The average Bonchev–Trinajstić information content (AvgIpc) is 3.86. The zero-order chi connectivity index (χ0) is 28.6. The number of carbonyl (C=O) groups is 3. The van der Waals surface area contributed by atoms with E-state index in [1.807, 2.05) is 48.5 Å². The lowest BCUT2D eigenvalue weighted by Gasteiger charge is -2.23. The first-order valence-corrected chi connectivity index (χ1v) is 13.8. The third-order valence-corrected chi connectivity index (χ3v) is 7.04. The van der Waals surface area contributed by atoms with Gasteiger partial charge < -0.3 is 20.1 Å². The van der Waals surface area contributed by atoms with Crippen molar-refractivity contribution in [3.8, 4) is 5.75 Å². The van der Waals surface area contributed by atoms with Gasteiger partial charge in [0.1, 0.15) is 18.4 Å². The number of carboxylic acid groups (broad SMARTS) is 1. The molecule has 2 N–H and O–H groups in total. The molecule has 4 aromatic rings. The van der Waals surface area contributed by atoms with Crippen LogP contribution in [0.2, 0.25) is 0 Å². The Morgan fingerprint density at radius 1 is 0.829 bits per heavy atom. The smallest absolute Gasteiger partial charge is 0.326 e. The molecule has 208 valence electrons. The van der Waals surface area contributed by atoms with Crippen LogP contribution in [0.5, 0.6) is 5.75 Å². The Balaban J connectivity index is 1.20. The summed E-state index contributed by atoms with van der Waals surface area (Å²) in [6.07, 6.45) is 2.08. The molecule has 0 aromatic heterocycles. The fourth-order valence-electron chi connectivity index (χ4n) is 4.68. The van der Waals surface area contributed by atoms with E-state index in [1.165, 1.54) is 0 Å². The standard InChI is InChI=1S/C34H32N2O5/c37-32(25-9-3-1-4-10-25)29-13-7-8-14-30(29)35-31(34(39)40)23-24-15-19-28(20-16-24)41-22-21-36(33(38)26-17-18-26)27-11-5-2-6-12-27/h1-16,19-20,26,31,35H,17-18,21-23H2,(H,39,40). The number of ether oxygens (including phenoxy) is 1. The Kier molecular flexibility index (Phi) is 8.74. The van der Waals surface area contributed by atoms with Gasteiger partial charge in [0.2, 0.25) is 5.91 Å². The number of rotatable bonds is 13. The van der Waals surface area contributed by atoms with Gasteiger partial charge in [-0.2, -0.15) is 0 Å². The third kappa shape index (κ3) is 7.19. The fraction of sp³-hybridized carbons (Fsp3) is 0.206. The maximum atomic E-state index is 13.1. The quantitative estimate of drug-likeness (QED) is 0.204. The molecular formula is C34H32N2O5. The van der Waals surface area contributed by atoms with E-state index < -0.39 is 12.0 Å². The molecule has 1 aliphatic rings. The maximum absolute atomic E-state index is 13.1. The van der Waals surface area contributed by atoms with Gasteiger partial charge in [0.25, 0.3) is 0 Å². The van der Waals surface area contributed by atoms with Gasteiger partial charge in [0, 0.05) is 34.8 Å². The van der Waals surface area contributed by atoms with Crippen LogP contribution in [-0.2, 0) is 16.0 Å². The summed E-state index contributed by atoms with van der Waals surface area (Å²) in [5, 5.41) is 13.0. The van der Waals surface area contributed by atoms with Crippen molar-refractivity contribution in [1.29, 1.82) is 0 Å². The second-order valence-electron chi connectivity index (χ2n) is 10.1. The lowest BCUT2D eigenvalue weighted by Crippen LogP contribution is -2.35. The maximum Gasteiger partial charge on any atom is 0.326 e. The van der Waals surface area contributed by atoms with Crippen LogP contribution < -0.4 is 15.0 Å². The van der Waals surface area contributed by atoms with Gasteiger partial charge in [-0.3, -0.25) is 9.59 Å². The number of ketones is 1. The molecule has 1 atom stereocenters. The van der Waals surface area contributed by atoms with Crippen molar-refractivity contribution in [1.82, 2.24) is 0 Å². The highest BCUT2D eigenvalue weighted by Crippen LogP contribution is 2.32. The summed E-state index contributed by atoms with van der Waals surface area (Å²) in [7, 11) is 0. The molecule has 0 aliphatic heterocycles. The van der Waals surface area contributed by atoms with Crippen molar-refractivity contribution >= 4 is 29.0 Å². The first-order chi connectivity index (χ1) is 20.0. The summed E-state index contributed by atoms with van der Waals surface area (Å²) in [6.45, 7) is 0.769. The van der Waals surface area contributed by atoms with Crippen molar-refractivity contribution in [3.05, 3.63) is 126 Å².